The van der Waals surface area contributed by atoms with Crippen molar-refractivity contribution in [2.45, 2.75) is 44.1 Å². The minimum atomic E-state index is -0.751. The second-order valence-corrected chi connectivity index (χ2v) is 6.52. The first-order chi connectivity index (χ1) is 9.47. The van der Waals surface area contributed by atoms with Crippen molar-refractivity contribution in [1.82, 2.24) is 0 Å². The first kappa shape index (κ1) is 13.7. The second kappa shape index (κ2) is 4.65. The Morgan fingerprint density at radius 1 is 1.60 bits per heavy atom. The Bertz CT molecular complexity index is 578. The summed E-state index contributed by atoms with van der Waals surface area (Å²) in [5.41, 5.74) is 1.91. The summed E-state index contributed by atoms with van der Waals surface area (Å²) in [5.74, 6) is 0.749. The van der Waals surface area contributed by atoms with Gasteiger partial charge in [0.05, 0.1) is 13.5 Å². The van der Waals surface area contributed by atoms with Gasteiger partial charge < -0.3 is 14.6 Å². The standard InChI is InChI=1S/C15H17BrO4/c1-8-5-9-13(16)10(6-11(19-2)14(9)20-8)15(3-4-15)7-12(17)18/h6,8H,3-5,7H2,1-2H3,(H,17,18). The maximum Gasteiger partial charge on any atom is 0.304 e. The van der Waals surface area contributed by atoms with E-state index in [2.05, 4.69) is 15.9 Å². The molecule has 20 heavy (non-hydrogen) atoms. The largest absolute Gasteiger partial charge is 0.493 e. The zero-order valence-electron chi connectivity index (χ0n) is 11.5. The Kier molecular flexibility index (Phi) is 3.20. The molecule has 1 saturated carbocycles. The van der Waals surface area contributed by atoms with Crippen LogP contribution in [-0.4, -0.2) is 24.3 Å². The lowest BCUT2D eigenvalue weighted by Gasteiger charge is -2.19. The summed E-state index contributed by atoms with van der Waals surface area (Å²) in [6.45, 7) is 2.02. The molecule has 4 nitrogen and oxygen atoms in total. The Hall–Kier alpha value is -1.23. The lowest BCUT2D eigenvalue weighted by atomic mass is 9.90. The van der Waals surface area contributed by atoms with Crippen molar-refractivity contribution in [1.29, 1.82) is 0 Å². The van der Waals surface area contributed by atoms with Crippen molar-refractivity contribution in [3.05, 3.63) is 21.7 Å². The number of carboxylic acids is 1. The molecule has 1 aromatic rings. The van der Waals surface area contributed by atoms with E-state index in [0.717, 1.165) is 40.6 Å². The van der Waals surface area contributed by atoms with E-state index < -0.39 is 5.97 Å². The average Bonchev–Trinajstić information content (AvgIpc) is 3.02. The smallest absolute Gasteiger partial charge is 0.304 e. The molecular weight excluding hydrogens is 324 g/mol. The highest BCUT2D eigenvalue weighted by molar-refractivity contribution is 9.10. The first-order valence-electron chi connectivity index (χ1n) is 6.75. The van der Waals surface area contributed by atoms with Gasteiger partial charge in [-0.2, -0.15) is 0 Å². The Morgan fingerprint density at radius 2 is 2.30 bits per heavy atom. The van der Waals surface area contributed by atoms with Crippen molar-refractivity contribution in [2.24, 2.45) is 0 Å². The van der Waals surface area contributed by atoms with Crippen LogP contribution in [0.15, 0.2) is 10.5 Å². The highest BCUT2D eigenvalue weighted by Crippen LogP contribution is 2.57. The molecular formula is C15H17BrO4. The van der Waals surface area contributed by atoms with E-state index in [1.807, 2.05) is 13.0 Å². The van der Waals surface area contributed by atoms with Crippen molar-refractivity contribution in [3.8, 4) is 11.5 Å². The molecule has 0 aromatic heterocycles. The van der Waals surface area contributed by atoms with Gasteiger partial charge in [-0.25, -0.2) is 0 Å². The topological polar surface area (TPSA) is 55.8 Å². The van der Waals surface area contributed by atoms with Gasteiger partial charge in [-0.3, -0.25) is 4.79 Å². The van der Waals surface area contributed by atoms with E-state index in [1.54, 1.807) is 7.11 Å². The molecule has 2 aliphatic rings. The van der Waals surface area contributed by atoms with Gasteiger partial charge in [0, 0.05) is 21.9 Å². The van der Waals surface area contributed by atoms with Crippen LogP contribution in [0.3, 0.4) is 0 Å². The summed E-state index contributed by atoms with van der Waals surface area (Å²) in [5, 5.41) is 9.13. The first-order valence-corrected chi connectivity index (χ1v) is 7.54. The average molecular weight is 341 g/mol. The van der Waals surface area contributed by atoms with Crippen LogP contribution in [0.5, 0.6) is 11.5 Å². The van der Waals surface area contributed by atoms with Crippen LogP contribution >= 0.6 is 15.9 Å². The van der Waals surface area contributed by atoms with Crippen LogP contribution in [0.1, 0.15) is 37.3 Å². The fourth-order valence-electron chi connectivity index (χ4n) is 3.03. The molecule has 1 atom stereocenters. The van der Waals surface area contributed by atoms with Crippen LogP contribution in [0.25, 0.3) is 0 Å². The maximum atomic E-state index is 11.1. The normalized spacial score (nSPS) is 22.1. The Labute approximate surface area is 126 Å². The van der Waals surface area contributed by atoms with E-state index >= 15 is 0 Å². The Morgan fingerprint density at radius 3 is 2.85 bits per heavy atom. The summed E-state index contributed by atoms with van der Waals surface area (Å²) in [4.78, 5) is 11.1. The van der Waals surface area contributed by atoms with Gasteiger partial charge in [0.15, 0.2) is 11.5 Å². The van der Waals surface area contributed by atoms with Gasteiger partial charge >= 0.3 is 5.97 Å². The van der Waals surface area contributed by atoms with Crippen molar-refractivity contribution < 1.29 is 19.4 Å². The van der Waals surface area contributed by atoms with Crippen LogP contribution in [0, 0.1) is 0 Å². The molecule has 0 amide bonds. The fraction of sp³-hybridized carbons (Fsp3) is 0.533. The molecule has 3 rings (SSSR count). The van der Waals surface area contributed by atoms with E-state index in [4.69, 9.17) is 14.6 Å². The zero-order chi connectivity index (χ0) is 14.5. The molecule has 1 N–H and O–H groups in total. The van der Waals surface area contributed by atoms with Gasteiger partial charge in [0.25, 0.3) is 0 Å². The summed E-state index contributed by atoms with van der Waals surface area (Å²) >= 11 is 3.66. The fourth-order valence-corrected chi connectivity index (χ4v) is 3.91. The lowest BCUT2D eigenvalue weighted by Crippen LogP contribution is -2.14. The number of carboxylic acid groups (broad SMARTS) is 1. The highest BCUT2D eigenvalue weighted by atomic mass is 79.9. The molecule has 0 spiro atoms. The number of aliphatic carboxylic acids is 1. The molecule has 1 aliphatic heterocycles. The predicted molar refractivity (Wildman–Crippen MR) is 77.7 cm³/mol. The van der Waals surface area contributed by atoms with Gasteiger partial charge in [-0.1, -0.05) is 15.9 Å². The number of hydrogen-bond acceptors (Lipinski definition) is 3. The number of halogens is 1. The number of fused-ring (bicyclic) bond motifs is 1. The zero-order valence-corrected chi connectivity index (χ0v) is 13.1. The minimum Gasteiger partial charge on any atom is -0.493 e. The third kappa shape index (κ3) is 2.08. The molecule has 0 saturated heterocycles. The Balaban J connectivity index is 2.10. The number of carbonyl (C=O) groups is 1. The van der Waals surface area contributed by atoms with Gasteiger partial charge in [-0.05, 0) is 31.4 Å². The van der Waals surface area contributed by atoms with Crippen LogP contribution in [0.2, 0.25) is 0 Å². The third-order valence-electron chi connectivity index (χ3n) is 4.22. The number of methoxy groups -OCH3 is 1. The summed E-state index contributed by atoms with van der Waals surface area (Å²) in [6, 6.07) is 1.94. The molecule has 0 bridgehead atoms. The molecule has 108 valence electrons. The van der Waals surface area contributed by atoms with E-state index in [-0.39, 0.29) is 17.9 Å². The van der Waals surface area contributed by atoms with Gasteiger partial charge in [-0.15, -0.1) is 0 Å². The minimum absolute atomic E-state index is 0.125. The van der Waals surface area contributed by atoms with Crippen molar-refractivity contribution >= 4 is 21.9 Å². The SMILES string of the molecule is COc1cc(C2(CC(=O)O)CC2)c(Br)c2c1OC(C)C2. The monoisotopic (exact) mass is 340 g/mol. The second-order valence-electron chi connectivity index (χ2n) is 5.73. The summed E-state index contributed by atoms with van der Waals surface area (Å²) < 4.78 is 12.2. The van der Waals surface area contributed by atoms with Gasteiger partial charge in [0.1, 0.15) is 6.10 Å². The van der Waals surface area contributed by atoms with E-state index in [9.17, 15) is 4.79 Å². The number of benzene rings is 1. The summed E-state index contributed by atoms with van der Waals surface area (Å²) in [7, 11) is 1.62. The third-order valence-corrected chi connectivity index (χ3v) is 5.13. The summed E-state index contributed by atoms with van der Waals surface area (Å²) in [6.07, 6.45) is 2.94. The maximum absolute atomic E-state index is 11.1. The van der Waals surface area contributed by atoms with Crippen LogP contribution < -0.4 is 9.47 Å². The number of rotatable bonds is 4. The van der Waals surface area contributed by atoms with Gasteiger partial charge in [0.2, 0.25) is 0 Å². The quantitative estimate of drug-likeness (QED) is 0.913. The highest BCUT2D eigenvalue weighted by Gasteiger charge is 2.48. The number of hydrogen-bond donors (Lipinski definition) is 1. The van der Waals surface area contributed by atoms with E-state index in [0.29, 0.717) is 5.75 Å². The molecule has 1 aliphatic carbocycles. The molecule has 1 fully saturated rings. The molecule has 1 heterocycles. The molecule has 1 unspecified atom stereocenters. The lowest BCUT2D eigenvalue weighted by molar-refractivity contribution is -0.137. The van der Waals surface area contributed by atoms with Crippen LogP contribution in [0.4, 0.5) is 0 Å². The van der Waals surface area contributed by atoms with E-state index in [1.165, 1.54) is 0 Å². The van der Waals surface area contributed by atoms with Crippen LogP contribution in [-0.2, 0) is 16.6 Å². The van der Waals surface area contributed by atoms with Crippen molar-refractivity contribution in [2.75, 3.05) is 7.11 Å². The molecule has 0 radical (unpaired) electrons. The molecule has 1 aromatic carbocycles. The number of ether oxygens (including phenoxy) is 2. The molecule has 5 heteroatoms. The van der Waals surface area contributed by atoms with Crippen molar-refractivity contribution in [3.63, 3.8) is 0 Å². The predicted octanol–water partition coefficient (Wildman–Crippen LogP) is 3.29.